The zero-order chi connectivity index (χ0) is 14.0. The molecule has 1 fully saturated rings. The largest absolute Gasteiger partial charge is 0.368 e. The van der Waals surface area contributed by atoms with Gasteiger partial charge in [0.05, 0.1) is 4.90 Å². The van der Waals surface area contributed by atoms with Crippen molar-refractivity contribution in [2.24, 2.45) is 5.73 Å². The molecular formula is C12H15BrN2O3S. The van der Waals surface area contributed by atoms with Crippen molar-refractivity contribution in [2.45, 2.75) is 29.1 Å². The summed E-state index contributed by atoms with van der Waals surface area (Å²) in [5, 5.41) is 0.668. The lowest BCUT2D eigenvalue weighted by Gasteiger charge is -2.21. The fourth-order valence-electron chi connectivity index (χ4n) is 2.20. The Balaban J connectivity index is 2.33. The third-order valence-electron chi connectivity index (χ3n) is 3.22. The van der Waals surface area contributed by atoms with E-state index in [2.05, 4.69) is 15.9 Å². The number of carbonyl (C=O) groups is 1. The molecule has 1 aliphatic rings. The highest BCUT2D eigenvalue weighted by atomic mass is 79.9. The molecule has 0 aromatic heterocycles. The monoisotopic (exact) mass is 346 g/mol. The van der Waals surface area contributed by atoms with Crippen molar-refractivity contribution in [3.05, 3.63) is 29.8 Å². The van der Waals surface area contributed by atoms with Gasteiger partial charge in [-0.1, -0.05) is 28.1 Å². The first kappa shape index (κ1) is 14.5. The summed E-state index contributed by atoms with van der Waals surface area (Å²) >= 11 is 3.31. The molecule has 19 heavy (non-hydrogen) atoms. The van der Waals surface area contributed by atoms with Crippen LogP contribution in [0.4, 0.5) is 0 Å². The molecule has 1 unspecified atom stereocenters. The van der Waals surface area contributed by atoms with Gasteiger partial charge in [0.25, 0.3) is 0 Å². The third kappa shape index (κ3) is 2.82. The second-order valence-corrected chi connectivity index (χ2v) is 6.91. The first-order valence-electron chi connectivity index (χ1n) is 5.93. The maximum atomic E-state index is 12.5. The SMILES string of the molecule is NC(=O)C1CCCN1S(=O)(=O)c1ccc(CBr)cc1. The van der Waals surface area contributed by atoms with Crippen LogP contribution in [0.15, 0.2) is 29.2 Å². The van der Waals surface area contributed by atoms with E-state index in [1.54, 1.807) is 24.3 Å². The third-order valence-corrected chi connectivity index (χ3v) is 5.79. The lowest BCUT2D eigenvalue weighted by molar-refractivity contribution is -0.121. The van der Waals surface area contributed by atoms with E-state index in [0.29, 0.717) is 24.7 Å². The number of hydrogen-bond donors (Lipinski definition) is 1. The van der Waals surface area contributed by atoms with Gasteiger partial charge in [-0.15, -0.1) is 0 Å². The Kier molecular flexibility index (Phi) is 4.27. The Hall–Kier alpha value is -0.920. The summed E-state index contributed by atoms with van der Waals surface area (Å²) < 4.78 is 26.1. The van der Waals surface area contributed by atoms with E-state index in [4.69, 9.17) is 5.73 Å². The summed E-state index contributed by atoms with van der Waals surface area (Å²) in [5.74, 6) is -0.585. The Morgan fingerprint density at radius 2 is 2.00 bits per heavy atom. The van der Waals surface area contributed by atoms with Gasteiger partial charge >= 0.3 is 0 Å². The lowest BCUT2D eigenvalue weighted by Crippen LogP contribution is -2.43. The van der Waals surface area contributed by atoms with Gasteiger partial charge < -0.3 is 5.73 Å². The van der Waals surface area contributed by atoms with Crippen LogP contribution in [0.3, 0.4) is 0 Å². The molecule has 5 nitrogen and oxygen atoms in total. The van der Waals surface area contributed by atoms with Crippen LogP contribution in [-0.4, -0.2) is 31.2 Å². The van der Waals surface area contributed by atoms with Gasteiger partial charge in [0.1, 0.15) is 6.04 Å². The lowest BCUT2D eigenvalue weighted by atomic mass is 10.2. The van der Waals surface area contributed by atoms with Gasteiger partial charge in [-0.2, -0.15) is 4.31 Å². The molecule has 1 saturated heterocycles. The van der Waals surface area contributed by atoms with Crippen molar-refractivity contribution < 1.29 is 13.2 Å². The highest BCUT2D eigenvalue weighted by molar-refractivity contribution is 9.08. The average Bonchev–Trinajstić information content (AvgIpc) is 2.89. The van der Waals surface area contributed by atoms with Crippen molar-refractivity contribution >= 4 is 31.9 Å². The number of amides is 1. The molecule has 1 amide bonds. The second-order valence-electron chi connectivity index (χ2n) is 4.45. The molecule has 2 N–H and O–H groups in total. The molecule has 104 valence electrons. The maximum Gasteiger partial charge on any atom is 0.243 e. The van der Waals surface area contributed by atoms with Gasteiger partial charge in [-0.3, -0.25) is 4.79 Å². The van der Waals surface area contributed by atoms with Crippen LogP contribution in [0.25, 0.3) is 0 Å². The molecule has 0 bridgehead atoms. The van der Waals surface area contributed by atoms with Crippen LogP contribution in [-0.2, 0) is 20.1 Å². The van der Waals surface area contributed by atoms with Crippen molar-refractivity contribution in [2.75, 3.05) is 6.54 Å². The first-order chi connectivity index (χ1) is 8.96. The molecule has 1 heterocycles. The smallest absolute Gasteiger partial charge is 0.243 e. The molecule has 7 heteroatoms. The number of nitrogens with zero attached hydrogens (tertiary/aromatic N) is 1. The van der Waals surface area contributed by atoms with Gasteiger partial charge in [0.15, 0.2) is 0 Å². The van der Waals surface area contributed by atoms with Gasteiger partial charge in [0, 0.05) is 11.9 Å². The van der Waals surface area contributed by atoms with Crippen LogP contribution < -0.4 is 5.73 Å². The van der Waals surface area contributed by atoms with Crippen LogP contribution in [0.5, 0.6) is 0 Å². The minimum Gasteiger partial charge on any atom is -0.368 e. The van der Waals surface area contributed by atoms with Crippen molar-refractivity contribution in [3.8, 4) is 0 Å². The van der Waals surface area contributed by atoms with E-state index in [9.17, 15) is 13.2 Å². The number of rotatable bonds is 4. The molecule has 1 aliphatic heterocycles. The van der Waals surface area contributed by atoms with Crippen molar-refractivity contribution in [3.63, 3.8) is 0 Å². The molecule has 0 saturated carbocycles. The van der Waals surface area contributed by atoms with Gasteiger partial charge in [-0.05, 0) is 30.5 Å². The van der Waals surface area contributed by atoms with Crippen molar-refractivity contribution in [1.29, 1.82) is 0 Å². The molecule has 1 aromatic rings. The van der Waals surface area contributed by atoms with E-state index < -0.39 is 22.0 Å². The van der Waals surface area contributed by atoms with E-state index in [-0.39, 0.29) is 4.90 Å². The summed E-state index contributed by atoms with van der Waals surface area (Å²) in [5.41, 5.74) is 6.25. The Labute approximate surface area is 121 Å². The van der Waals surface area contributed by atoms with Crippen LogP contribution in [0.2, 0.25) is 0 Å². The predicted molar refractivity (Wildman–Crippen MR) is 75.2 cm³/mol. The fourth-order valence-corrected chi connectivity index (χ4v) is 4.24. The molecule has 1 atom stereocenters. The molecule has 1 aromatic carbocycles. The van der Waals surface area contributed by atoms with Crippen LogP contribution in [0, 0.1) is 0 Å². The summed E-state index contributed by atoms with van der Waals surface area (Å²) in [4.78, 5) is 11.5. The first-order valence-corrected chi connectivity index (χ1v) is 8.49. The Morgan fingerprint density at radius 1 is 1.37 bits per heavy atom. The molecular weight excluding hydrogens is 332 g/mol. The van der Waals surface area contributed by atoms with E-state index in [0.717, 1.165) is 5.56 Å². The Bertz CT molecular complexity index is 571. The zero-order valence-electron chi connectivity index (χ0n) is 10.3. The van der Waals surface area contributed by atoms with Gasteiger partial charge in [0.2, 0.25) is 15.9 Å². The highest BCUT2D eigenvalue weighted by Crippen LogP contribution is 2.26. The van der Waals surface area contributed by atoms with Gasteiger partial charge in [-0.25, -0.2) is 8.42 Å². The number of sulfonamides is 1. The number of alkyl halides is 1. The second kappa shape index (κ2) is 5.60. The standard InChI is InChI=1S/C12H15BrN2O3S/c13-8-9-3-5-10(6-4-9)19(17,18)15-7-1-2-11(15)12(14)16/h3-6,11H,1-2,7-8H2,(H2,14,16). The normalized spacial score (nSPS) is 20.6. The highest BCUT2D eigenvalue weighted by Gasteiger charge is 2.38. The summed E-state index contributed by atoms with van der Waals surface area (Å²) in [7, 11) is -3.64. The summed E-state index contributed by atoms with van der Waals surface area (Å²) in [6.45, 7) is 0.343. The van der Waals surface area contributed by atoms with E-state index >= 15 is 0 Å². The number of hydrogen-bond acceptors (Lipinski definition) is 3. The Morgan fingerprint density at radius 3 is 2.53 bits per heavy atom. The maximum absolute atomic E-state index is 12.5. The quantitative estimate of drug-likeness (QED) is 0.832. The number of benzene rings is 1. The molecule has 0 spiro atoms. The number of carbonyl (C=O) groups excluding carboxylic acids is 1. The minimum absolute atomic E-state index is 0.199. The molecule has 2 rings (SSSR count). The topological polar surface area (TPSA) is 80.5 Å². The number of nitrogens with two attached hydrogens (primary N) is 1. The van der Waals surface area contributed by atoms with Crippen LogP contribution >= 0.6 is 15.9 Å². The van der Waals surface area contributed by atoms with E-state index in [1.165, 1.54) is 4.31 Å². The predicted octanol–water partition coefficient (Wildman–Crippen LogP) is 1.22. The number of halogens is 1. The fraction of sp³-hybridized carbons (Fsp3) is 0.417. The minimum atomic E-state index is -3.64. The molecule has 0 aliphatic carbocycles. The average molecular weight is 347 g/mol. The molecule has 0 radical (unpaired) electrons. The van der Waals surface area contributed by atoms with Crippen LogP contribution in [0.1, 0.15) is 18.4 Å². The van der Waals surface area contributed by atoms with Crippen molar-refractivity contribution in [1.82, 2.24) is 4.31 Å². The summed E-state index contributed by atoms with van der Waals surface area (Å²) in [6, 6.07) is 5.89. The zero-order valence-corrected chi connectivity index (χ0v) is 12.7. The number of primary amides is 1. The van der Waals surface area contributed by atoms with E-state index in [1.807, 2.05) is 0 Å². The summed E-state index contributed by atoms with van der Waals surface area (Å²) in [6.07, 6.45) is 1.15.